The van der Waals surface area contributed by atoms with Gasteiger partial charge in [0, 0.05) is 12.1 Å². The number of rotatable bonds is 11. The molecule has 0 aliphatic carbocycles. The van der Waals surface area contributed by atoms with Crippen LogP contribution in [0.2, 0.25) is 0 Å². The number of hydrogen-bond donors (Lipinski definition) is 2. The van der Waals surface area contributed by atoms with Crippen molar-refractivity contribution in [1.29, 1.82) is 0 Å². The van der Waals surface area contributed by atoms with E-state index in [1.165, 1.54) is 0 Å². The van der Waals surface area contributed by atoms with E-state index in [-0.39, 0.29) is 36.7 Å². The third-order valence-electron chi connectivity index (χ3n) is 3.43. The molecule has 0 saturated carbocycles. The quantitative estimate of drug-likeness (QED) is 0.570. The number of alkyl halides is 3. The van der Waals surface area contributed by atoms with E-state index < -0.39 is 17.8 Å². The van der Waals surface area contributed by atoms with Gasteiger partial charge in [-0.05, 0) is 12.1 Å². The minimum absolute atomic E-state index is 0.0477. The molecule has 3 N–H and O–H groups in total. The first kappa shape index (κ1) is 20.1. The molecular formula is C15H18F3N3O5. The van der Waals surface area contributed by atoms with Gasteiger partial charge in [0.1, 0.15) is 17.9 Å². The Morgan fingerprint density at radius 1 is 1.12 bits per heavy atom. The molecule has 0 bridgehead atoms. The number of carbonyl (C=O) groups is 1. The van der Waals surface area contributed by atoms with Crippen molar-refractivity contribution < 1.29 is 37.3 Å². The molecule has 1 aromatic rings. The van der Waals surface area contributed by atoms with Gasteiger partial charge >= 0.3 is 17.8 Å². The Hall–Kier alpha value is -2.24. The van der Waals surface area contributed by atoms with Crippen molar-refractivity contribution in [2.75, 3.05) is 39.6 Å². The average Bonchev–Trinajstić information content (AvgIpc) is 3.38. The second-order valence-corrected chi connectivity index (χ2v) is 5.25. The highest BCUT2D eigenvalue weighted by molar-refractivity contribution is 5.91. The van der Waals surface area contributed by atoms with Gasteiger partial charge in [0.05, 0.1) is 26.4 Å². The molecular weight excluding hydrogens is 359 g/mol. The highest BCUT2D eigenvalue weighted by Gasteiger charge is 2.65. The lowest BCUT2D eigenvalue weighted by atomic mass is 10.0. The zero-order valence-corrected chi connectivity index (χ0v) is 13.7. The van der Waals surface area contributed by atoms with Crippen LogP contribution in [0.15, 0.2) is 28.4 Å². The second-order valence-electron chi connectivity index (χ2n) is 5.25. The molecule has 0 saturated heterocycles. The molecule has 11 heteroatoms. The summed E-state index contributed by atoms with van der Waals surface area (Å²) in [6.45, 7) is 1.48. The van der Waals surface area contributed by atoms with Crippen LogP contribution in [-0.2, 0) is 15.1 Å². The minimum atomic E-state index is -4.71. The monoisotopic (exact) mass is 377 g/mol. The first-order valence-electron chi connectivity index (χ1n) is 7.69. The van der Waals surface area contributed by atoms with Crippen LogP contribution < -0.4 is 10.5 Å². The van der Waals surface area contributed by atoms with Gasteiger partial charge in [-0.15, -0.1) is 10.2 Å². The zero-order chi connectivity index (χ0) is 19.2. The van der Waals surface area contributed by atoms with Crippen LogP contribution in [0.4, 0.5) is 13.2 Å². The fraction of sp³-hybridized carbons (Fsp3) is 0.533. The summed E-state index contributed by atoms with van der Waals surface area (Å²) in [5.41, 5.74) is 2.04. The largest absolute Gasteiger partial charge is 0.490 e. The Morgan fingerprint density at radius 3 is 2.27 bits per heavy atom. The number of carboxylic acids is 1. The Morgan fingerprint density at radius 2 is 1.73 bits per heavy atom. The predicted octanol–water partition coefficient (Wildman–Crippen LogP) is 1.94. The molecule has 0 spiro atoms. The molecule has 0 aromatic heterocycles. The van der Waals surface area contributed by atoms with E-state index in [0.29, 0.717) is 19.8 Å². The van der Waals surface area contributed by atoms with E-state index in [1.807, 2.05) is 0 Å². The summed E-state index contributed by atoms with van der Waals surface area (Å²) in [5.74, 6) is -1.53. The van der Waals surface area contributed by atoms with Gasteiger partial charge in [-0.25, -0.2) is 4.79 Å². The van der Waals surface area contributed by atoms with Crippen LogP contribution in [0, 0.1) is 0 Å². The number of nitrogens with two attached hydrogens (primary N) is 1. The number of aromatic carboxylic acids is 1. The van der Waals surface area contributed by atoms with E-state index in [2.05, 4.69) is 10.2 Å². The van der Waals surface area contributed by atoms with Crippen LogP contribution >= 0.6 is 0 Å². The molecule has 2 rings (SSSR count). The maximum Gasteiger partial charge on any atom is 0.442 e. The Labute approximate surface area is 146 Å². The van der Waals surface area contributed by atoms with Gasteiger partial charge < -0.3 is 25.1 Å². The topological polar surface area (TPSA) is 116 Å². The molecule has 0 radical (unpaired) electrons. The molecule has 1 aliphatic heterocycles. The molecule has 26 heavy (non-hydrogen) atoms. The van der Waals surface area contributed by atoms with E-state index >= 15 is 0 Å². The van der Waals surface area contributed by atoms with Crippen molar-refractivity contribution in [3.63, 3.8) is 0 Å². The number of halogens is 3. The Bertz CT molecular complexity index is 660. The van der Waals surface area contributed by atoms with E-state index in [4.69, 9.17) is 25.1 Å². The lowest BCUT2D eigenvalue weighted by molar-refractivity contribution is -0.166. The van der Waals surface area contributed by atoms with Crippen LogP contribution in [0.3, 0.4) is 0 Å². The molecule has 8 nitrogen and oxygen atoms in total. The van der Waals surface area contributed by atoms with Crippen molar-refractivity contribution in [2.24, 2.45) is 16.0 Å². The average molecular weight is 377 g/mol. The van der Waals surface area contributed by atoms with E-state index in [9.17, 15) is 18.0 Å². The summed E-state index contributed by atoms with van der Waals surface area (Å²) in [5, 5.41) is 15.3. The highest BCUT2D eigenvalue weighted by atomic mass is 19.4. The maximum absolute atomic E-state index is 13.1. The lowest BCUT2D eigenvalue weighted by Crippen LogP contribution is -2.30. The van der Waals surface area contributed by atoms with Gasteiger partial charge in [-0.3, -0.25) is 0 Å². The summed E-state index contributed by atoms with van der Waals surface area (Å²) >= 11 is 0. The van der Waals surface area contributed by atoms with E-state index in [1.54, 1.807) is 0 Å². The fourth-order valence-electron chi connectivity index (χ4n) is 2.09. The number of ether oxygens (including phenoxy) is 3. The van der Waals surface area contributed by atoms with E-state index in [0.717, 1.165) is 18.2 Å². The van der Waals surface area contributed by atoms with Gasteiger partial charge in [0.2, 0.25) is 0 Å². The molecule has 1 aliphatic rings. The lowest BCUT2D eigenvalue weighted by Gasteiger charge is -2.17. The zero-order valence-electron chi connectivity index (χ0n) is 13.7. The van der Waals surface area contributed by atoms with Crippen LogP contribution in [-0.4, -0.2) is 56.8 Å². The molecule has 0 atom stereocenters. The fourth-order valence-corrected chi connectivity index (χ4v) is 2.09. The van der Waals surface area contributed by atoms with Crippen LogP contribution in [0.25, 0.3) is 0 Å². The molecule has 0 unspecified atom stereocenters. The van der Waals surface area contributed by atoms with Gasteiger partial charge in [0.25, 0.3) is 0 Å². The second kappa shape index (κ2) is 8.43. The first-order chi connectivity index (χ1) is 12.3. The smallest absolute Gasteiger partial charge is 0.442 e. The Balaban J connectivity index is 1.96. The summed E-state index contributed by atoms with van der Waals surface area (Å²) in [7, 11) is 0. The number of benzene rings is 1. The number of hydrogen-bond acceptors (Lipinski definition) is 7. The highest BCUT2D eigenvalue weighted by Crippen LogP contribution is 2.52. The summed E-state index contributed by atoms with van der Waals surface area (Å²) in [4.78, 5) is 11.2. The summed E-state index contributed by atoms with van der Waals surface area (Å²) in [6.07, 6.45) is -4.71. The van der Waals surface area contributed by atoms with Crippen molar-refractivity contribution in [3.05, 3.63) is 29.3 Å². The summed E-state index contributed by atoms with van der Waals surface area (Å²) < 4.78 is 54.8. The van der Waals surface area contributed by atoms with Crippen LogP contribution in [0.1, 0.15) is 15.9 Å². The molecule has 1 heterocycles. The van der Waals surface area contributed by atoms with Crippen molar-refractivity contribution in [2.45, 2.75) is 11.8 Å². The van der Waals surface area contributed by atoms with Gasteiger partial charge in [-0.2, -0.15) is 13.2 Å². The predicted molar refractivity (Wildman–Crippen MR) is 82.2 cm³/mol. The van der Waals surface area contributed by atoms with Gasteiger partial charge in [-0.1, -0.05) is 6.07 Å². The Kier molecular flexibility index (Phi) is 6.51. The maximum atomic E-state index is 13.1. The first-order valence-corrected chi connectivity index (χ1v) is 7.69. The minimum Gasteiger partial charge on any atom is -0.490 e. The normalized spacial score (nSPS) is 15.1. The SMILES string of the molecule is NCCOCCOCCOc1cc(C2(C(F)(F)F)N=N2)ccc1C(=O)O. The van der Waals surface area contributed by atoms with Crippen molar-refractivity contribution >= 4 is 5.97 Å². The van der Waals surface area contributed by atoms with Crippen molar-refractivity contribution in [1.82, 2.24) is 0 Å². The molecule has 0 fully saturated rings. The van der Waals surface area contributed by atoms with Gasteiger partial charge in [0.15, 0.2) is 0 Å². The van der Waals surface area contributed by atoms with Crippen molar-refractivity contribution in [3.8, 4) is 5.75 Å². The molecule has 144 valence electrons. The molecule has 1 aromatic carbocycles. The number of nitrogens with zero attached hydrogens (tertiary/aromatic N) is 2. The van der Waals surface area contributed by atoms with Crippen LogP contribution in [0.5, 0.6) is 5.75 Å². The third kappa shape index (κ3) is 4.68. The standard InChI is InChI=1S/C15H18F3N3O5/c16-15(17,18)14(20-21-14)10-1-2-11(13(22)23)12(9-10)26-8-7-25-6-5-24-4-3-19/h1-2,9H,3-8,19H2,(H,22,23). The summed E-state index contributed by atoms with van der Waals surface area (Å²) in [6, 6.07) is 3.04. The third-order valence-corrected chi connectivity index (χ3v) is 3.43. The number of carboxylic acid groups (broad SMARTS) is 1. The molecule has 0 amide bonds.